The standard InChI is InChI=1S/C11H20N2O3.ClH/c1-10(2,3)16-9(14)13-5-4-12-6-11(13)7-15-8-11;/h12H,4-8H2,1-3H3;1H. The van der Waals surface area contributed by atoms with Crippen LogP contribution in [0.2, 0.25) is 0 Å². The molecule has 2 saturated heterocycles. The fourth-order valence-electron chi connectivity index (χ4n) is 2.04. The van der Waals surface area contributed by atoms with Crippen LogP contribution in [0.15, 0.2) is 0 Å². The van der Waals surface area contributed by atoms with E-state index in [1.807, 2.05) is 25.7 Å². The number of halogens is 1. The summed E-state index contributed by atoms with van der Waals surface area (Å²) in [5, 5.41) is 3.30. The van der Waals surface area contributed by atoms with E-state index in [4.69, 9.17) is 9.47 Å². The third kappa shape index (κ3) is 3.03. The number of nitrogens with zero attached hydrogens (tertiary/aromatic N) is 1. The summed E-state index contributed by atoms with van der Waals surface area (Å²) in [6.45, 7) is 9.19. The molecule has 17 heavy (non-hydrogen) atoms. The molecular formula is C11H21ClN2O3. The molecule has 0 bridgehead atoms. The number of piperazine rings is 1. The Balaban J connectivity index is 0.00000144. The Morgan fingerprint density at radius 3 is 2.53 bits per heavy atom. The minimum atomic E-state index is -0.437. The van der Waals surface area contributed by atoms with E-state index in [1.165, 1.54) is 0 Å². The lowest BCUT2D eigenvalue weighted by molar-refractivity contribution is -0.142. The predicted octanol–water partition coefficient (Wildman–Crippen LogP) is 1.02. The van der Waals surface area contributed by atoms with Gasteiger partial charge < -0.3 is 14.8 Å². The minimum Gasteiger partial charge on any atom is -0.444 e. The molecule has 0 aromatic rings. The number of carbonyl (C=O) groups excluding carboxylic acids is 1. The summed E-state index contributed by atoms with van der Waals surface area (Å²) in [4.78, 5) is 13.9. The van der Waals surface area contributed by atoms with Crippen molar-refractivity contribution in [2.24, 2.45) is 0 Å². The van der Waals surface area contributed by atoms with Gasteiger partial charge in [0.2, 0.25) is 0 Å². The Labute approximate surface area is 108 Å². The summed E-state index contributed by atoms with van der Waals surface area (Å²) in [7, 11) is 0. The largest absolute Gasteiger partial charge is 0.444 e. The molecule has 0 aromatic carbocycles. The molecule has 0 atom stereocenters. The van der Waals surface area contributed by atoms with E-state index >= 15 is 0 Å². The Hall–Kier alpha value is -0.520. The van der Waals surface area contributed by atoms with Crippen LogP contribution in [-0.2, 0) is 9.47 Å². The first-order valence-electron chi connectivity index (χ1n) is 5.72. The molecule has 2 fully saturated rings. The van der Waals surface area contributed by atoms with Crippen LogP contribution in [0, 0.1) is 0 Å². The lowest BCUT2D eigenvalue weighted by Gasteiger charge is -2.51. The first-order chi connectivity index (χ1) is 7.43. The second-order valence-electron chi connectivity index (χ2n) is 5.53. The van der Waals surface area contributed by atoms with Crippen molar-refractivity contribution in [3.63, 3.8) is 0 Å². The predicted molar refractivity (Wildman–Crippen MR) is 66.6 cm³/mol. The summed E-state index contributed by atoms with van der Waals surface area (Å²) in [5.74, 6) is 0. The summed E-state index contributed by atoms with van der Waals surface area (Å²) >= 11 is 0. The minimum absolute atomic E-state index is 0. The molecule has 0 aromatic heterocycles. The van der Waals surface area contributed by atoms with Crippen molar-refractivity contribution in [2.45, 2.75) is 31.9 Å². The van der Waals surface area contributed by atoms with Gasteiger partial charge in [0.25, 0.3) is 0 Å². The van der Waals surface area contributed by atoms with E-state index in [0.717, 1.165) is 13.1 Å². The Morgan fingerprint density at radius 2 is 2.06 bits per heavy atom. The highest BCUT2D eigenvalue weighted by atomic mass is 35.5. The first kappa shape index (κ1) is 14.5. The van der Waals surface area contributed by atoms with Gasteiger partial charge >= 0.3 is 6.09 Å². The number of amides is 1. The van der Waals surface area contributed by atoms with E-state index in [9.17, 15) is 4.79 Å². The maximum Gasteiger partial charge on any atom is 0.411 e. The fourth-order valence-corrected chi connectivity index (χ4v) is 2.04. The smallest absolute Gasteiger partial charge is 0.411 e. The van der Waals surface area contributed by atoms with E-state index in [-0.39, 0.29) is 24.0 Å². The Bertz CT molecular complexity index is 287. The van der Waals surface area contributed by atoms with Gasteiger partial charge in [-0.05, 0) is 20.8 Å². The van der Waals surface area contributed by atoms with Crippen LogP contribution in [0.1, 0.15) is 20.8 Å². The second kappa shape index (κ2) is 5.00. The normalized spacial score (nSPS) is 22.6. The number of hydrogen-bond acceptors (Lipinski definition) is 4. The van der Waals surface area contributed by atoms with Crippen molar-refractivity contribution in [3.05, 3.63) is 0 Å². The van der Waals surface area contributed by atoms with Gasteiger partial charge in [-0.15, -0.1) is 12.4 Å². The zero-order valence-electron chi connectivity index (χ0n) is 10.6. The van der Waals surface area contributed by atoms with Crippen LogP contribution in [0.5, 0.6) is 0 Å². The fraction of sp³-hybridized carbons (Fsp3) is 0.909. The highest BCUT2D eigenvalue weighted by Gasteiger charge is 2.49. The summed E-state index contributed by atoms with van der Waals surface area (Å²) < 4.78 is 10.6. The van der Waals surface area contributed by atoms with E-state index in [0.29, 0.717) is 19.8 Å². The molecule has 0 saturated carbocycles. The molecule has 2 rings (SSSR count). The topological polar surface area (TPSA) is 50.8 Å². The lowest BCUT2D eigenvalue weighted by atomic mass is 9.93. The zero-order valence-corrected chi connectivity index (χ0v) is 11.4. The molecule has 2 aliphatic rings. The molecule has 0 unspecified atom stereocenters. The van der Waals surface area contributed by atoms with Crippen LogP contribution < -0.4 is 5.32 Å². The highest BCUT2D eigenvalue weighted by Crippen LogP contribution is 2.28. The molecule has 1 amide bonds. The molecule has 1 spiro atoms. The van der Waals surface area contributed by atoms with Crippen LogP contribution in [0.25, 0.3) is 0 Å². The van der Waals surface area contributed by atoms with Gasteiger partial charge in [0, 0.05) is 19.6 Å². The molecule has 1 N–H and O–H groups in total. The molecular weight excluding hydrogens is 244 g/mol. The maximum atomic E-state index is 12.0. The average Bonchev–Trinajstić information content (AvgIpc) is 2.12. The number of rotatable bonds is 0. The zero-order chi connectivity index (χ0) is 11.8. The third-order valence-corrected chi connectivity index (χ3v) is 2.89. The van der Waals surface area contributed by atoms with Crippen LogP contribution >= 0.6 is 12.4 Å². The van der Waals surface area contributed by atoms with Gasteiger partial charge in [0.1, 0.15) is 11.1 Å². The van der Waals surface area contributed by atoms with Crippen LogP contribution in [0.4, 0.5) is 4.79 Å². The van der Waals surface area contributed by atoms with Crippen molar-refractivity contribution in [3.8, 4) is 0 Å². The van der Waals surface area contributed by atoms with Gasteiger partial charge in [-0.3, -0.25) is 4.90 Å². The molecule has 0 radical (unpaired) electrons. The van der Waals surface area contributed by atoms with Crippen molar-refractivity contribution < 1.29 is 14.3 Å². The van der Waals surface area contributed by atoms with Crippen LogP contribution in [0.3, 0.4) is 0 Å². The maximum absolute atomic E-state index is 12.0. The van der Waals surface area contributed by atoms with Gasteiger partial charge in [-0.2, -0.15) is 0 Å². The summed E-state index contributed by atoms with van der Waals surface area (Å²) in [6.07, 6.45) is -0.225. The first-order valence-corrected chi connectivity index (χ1v) is 5.72. The summed E-state index contributed by atoms with van der Waals surface area (Å²) in [5.41, 5.74) is -0.603. The quantitative estimate of drug-likeness (QED) is 0.710. The molecule has 2 aliphatic heterocycles. The molecule has 6 heteroatoms. The SMILES string of the molecule is CC(C)(C)OC(=O)N1CCNCC12COC2.Cl. The lowest BCUT2D eigenvalue weighted by Crippen LogP contribution is -2.72. The van der Waals surface area contributed by atoms with Crippen LogP contribution in [-0.4, -0.2) is 55.0 Å². The van der Waals surface area contributed by atoms with Crippen molar-refractivity contribution in [2.75, 3.05) is 32.8 Å². The molecule has 5 nitrogen and oxygen atoms in total. The van der Waals surface area contributed by atoms with Gasteiger partial charge in [0.05, 0.1) is 13.2 Å². The molecule has 2 heterocycles. The monoisotopic (exact) mass is 264 g/mol. The second-order valence-corrected chi connectivity index (χ2v) is 5.53. The number of carbonyl (C=O) groups is 1. The van der Waals surface area contributed by atoms with Gasteiger partial charge in [0.15, 0.2) is 0 Å². The molecule has 0 aliphatic carbocycles. The van der Waals surface area contributed by atoms with Crippen molar-refractivity contribution in [1.82, 2.24) is 10.2 Å². The van der Waals surface area contributed by atoms with Gasteiger partial charge in [-0.1, -0.05) is 0 Å². The van der Waals surface area contributed by atoms with Gasteiger partial charge in [-0.25, -0.2) is 4.79 Å². The Morgan fingerprint density at radius 1 is 1.41 bits per heavy atom. The number of hydrogen-bond donors (Lipinski definition) is 1. The number of nitrogens with one attached hydrogen (secondary N) is 1. The van der Waals surface area contributed by atoms with Crippen molar-refractivity contribution in [1.29, 1.82) is 0 Å². The number of ether oxygens (including phenoxy) is 2. The van der Waals surface area contributed by atoms with E-state index in [1.54, 1.807) is 0 Å². The van der Waals surface area contributed by atoms with E-state index in [2.05, 4.69) is 5.32 Å². The Kier molecular flexibility index (Phi) is 4.28. The highest BCUT2D eigenvalue weighted by molar-refractivity contribution is 5.85. The van der Waals surface area contributed by atoms with Crippen molar-refractivity contribution >= 4 is 18.5 Å². The molecule has 100 valence electrons. The third-order valence-electron chi connectivity index (χ3n) is 2.89. The summed E-state index contributed by atoms with van der Waals surface area (Å²) in [6, 6.07) is 0. The van der Waals surface area contributed by atoms with E-state index < -0.39 is 5.60 Å². The average molecular weight is 265 g/mol.